The molecule has 0 unspecified atom stereocenters. The van der Waals surface area contributed by atoms with Crippen LogP contribution in [0, 0.1) is 6.92 Å². The largest absolute Gasteiger partial charge is 0.339 e. The fourth-order valence-corrected chi connectivity index (χ4v) is 4.75. The highest BCUT2D eigenvalue weighted by Gasteiger charge is 2.25. The maximum atomic E-state index is 13.3. The third-order valence-electron chi connectivity index (χ3n) is 6.94. The van der Waals surface area contributed by atoms with Crippen LogP contribution in [-0.4, -0.2) is 50.7 Å². The molecular formula is C30H27ClN6O3. The zero-order valence-electron chi connectivity index (χ0n) is 21.8. The lowest BCUT2D eigenvalue weighted by molar-refractivity contribution is 0.0712. The van der Waals surface area contributed by atoms with Gasteiger partial charge in [0, 0.05) is 48.5 Å². The van der Waals surface area contributed by atoms with E-state index in [0.29, 0.717) is 46.5 Å². The van der Waals surface area contributed by atoms with Gasteiger partial charge in [-0.15, -0.1) is 0 Å². The van der Waals surface area contributed by atoms with E-state index in [2.05, 4.69) is 25.6 Å². The van der Waals surface area contributed by atoms with Gasteiger partial charge in [0.15, 0.2) is 0 Å². The Morgan fingerprint density at radius 1 is 0.825 bits per heavy atom. The summed E-state index contributed by atoms with van der Waals surface area (Å²) in [4.78, 5) is 52.3. The standard InChI is InChI=1S/C30H27ClN6O3/c1-19-3-4-23(17-25(19)35-28(39)24-9-10-26(31)34-18-24)29(40)37-15-11-21(12-16-37)20-5-7-22(8-6-20)27(38)36-30-32-13-2-14-33-30/h2-10,13-14,17-18,21H,11-12,15-16H2,1H3,(H,35,39)(H,32,33,36,38). The minimum Gasteiger partial charge on any atom is -0.339 e. The van der Waals surface area contributed by atoms with Crippen LogP contribution < -0.4 is 10.6 Å². The third kappa shape index (κ3) is 6.32. The maximum Gasteiger partial charge on any atom is 0.258 e. The van der Waals surface area contributed by atoms with Crippen LogP contribution in [0.3, 0.4) is 0 Å². The number of piperidine rings is 1. The Hall–Kier alpha value is -4.63. The van der Waals surface area contributed by atoms with Crippen molar-refractivity contribution in [2.45, 2.75) is 25.7 Å². The summed E-state index contributed by atoms with van der Waals surface area (Å²) in [6, 6.07) is 17.7. The van der Waals surface area contributed by atoms with Crippen LogP contribution in [0.15, 0.2) is 79.3 Å². The molecule has 3 heterocycles. The summed E-state index contributed by atoms with van der Waals surface area (Å²) in [6.07, 6.45) is 6.18. The molecule has 4 aromatic rings. The molecule has 202 valence electrons. The summed E-state index contributed by atoms with van der Waals surface area (Å²) in [6.45, 7) is 3.10. The van der Waals surface area contributed by atoms with Crippen molar-refractivity contribution in [1.29, 1.82) is 0 Å². The normalized spacial score (nSPS) is 13.5. The monoisotopic (exact) mass is 554 g/mol. The summed E-state index contributed by atoms with van der Waals surface area (Å²) < 4.78 is 0. The van der Waals surface area contributed by atoms with Gasteiger partial charge in [0.25, 0.3) is 17.7 Å². The molecule has 10 heteroatoms. The summed E-state index contributed by atoms with van der Waals surface area (Å²) in [5, 5.41) is 5.86. The number of hydrogen-bond donors (Lipinski definition) is 2. The Morgan fingerprint density at radius 2 is 1.48 bits per heavy atom. The topological polar surface area (TPSA) is 117 Å². The Balaban J connectivity index is 1.18. The van der Waals surface area contributed by atoms with E-state index < -0.39 is 0 Å². The second kappa shape index (κ2) is 12.0. The Kier molecular flexibility index (Phi) is 8.12. The summed E-state index contributed by atoms with van der Waals surface area (Å²) in [7, 11) is 0. The van der Waals surface area contributed by atoms with Gasteiger partial charge in [-0.3, -0.25) is 19.7 Å². The molecule has 0 atom stereocenters. The van der Waals surface area contributed by atoms with Crippen LogP contribution in [0.5, 0.6) is 0 Å². The van der Waals surface area contributed by atoms with Gasteiger partial charge in [-0.25, -0.2) is 15.0 Å². The number of halogens is 1. The molecule has 40 heavy (non-hydrogen) atoms. The molecule has 2 aromatic heterocycles. The van der Waals surface area contributed by atoms with Crippen molar-refractivity contribution in [2.24, 2.45) is 0 Å². The second-order valence-electron chi connectivity index (χ2n) is 9.57. The fourth-order valence-electron chi connectivity index (χ4n) is 4.64. The SMILES string of the molecule is Cc1ccc(C(=O)N2CCC(c3ccc(C(=O)Nc4ncccn4)cc3)CC2)cc1NC(=O)c1ccc(Cl)nc1. The number of nitrogens with zero attached hydrogens (tertiary/aromatic N) is 4. The number of carbonyl (C=O) groups excluding carboxylic acids is 3. The summed E-state index contributed by atoms with van der Waals surface area (Å²) >= 11 is 5.81. The highest BCUT2D eigenvalue weighted by atomic mass is 35.5. The van der Waals surface area contributed by atoms with Crippen LogP contribution in [0.4, 0.5) is 11.6 Å². The van der Waals surface area contributed by atoms with Crippen molar-refractivity contribution in [2.75, 3.05) is 23.7 Å². The van der Waals surface area contributed by atoms with Crippen molar-refractivity contribution >= 4 is 41.0 Å². The number of aryl methyl sites for hydroxylation is 1. The van der Waals surface area contributed by atoms with E-state index in [1.165, 1.54) is 6.20 Å². The third-order valence-corrected chi connectivity index (χ3v) is 7.16. The number of nitrogens with one attached hydrogen (secondary N) is 2. The van der Waals surface area contributed by atoms with Crippen LogP contribution >= 0.6 is 11.6 Å². The van der Waals surface area contributed by atoms with E-state index in [0.717, 1.165) is 24.0 Å². The molecule has 0 bridgehead atoms. The van der Waals surface area contributed by atoms with Crippen molar-refractivity contribution in [3.05, 3.63) is 112 Å². The molecule has 0 spiro atoms. The van der Waals surface area contributed by atoms with Crippen LogP contribution in [0.25, 0.3) is 0 Å². The van der Waals surface area contributed by atoms with Gasteiger partial charge >= 0.3 is 0 Å². The maximum absolute atomic E-state index is 13.3. The number of likely N-dealkylation sites (tertiary alicyclic amines) is 1. The fraction of sp³-hybridized carbons (Fsp3) is 0.200. The van der Waals surface area contributed by atoms with Gasteiger partial charge in [-0.05, 0) is 79.3 Å². The minimum absolute atomic E-state index is 0.0720. The molecule has 1 aliphatic heterocycles. The highest BCUT2D eigenvalue weighted by molar-refractivity contribution is 6.29. The predicted octanol–water partition coefficient (Wildman–Crippen LogP) is 5.36. The van der Waals surface area contributed by atoms with Crippen LogP contribution in [0.2, 0.25) is 5.15 Å². The van der Waals surface area contributed by atoms with Crippen LogP contribution in [-0.2, 0) is 0 Å². The molecule has 0 aliphatic carbocycles. The number of anilines is 2. The molecular weight excluding hydrogens is 528 g/mol. The Bertz CT molecular complexity index is 1520. The van der Waals surface area contributed by atoms with E-state index in [9.17, 15) is 14.4 Å². The zero-order chi connectivity index (χ0) is 28.1. The second-order valence-corrected chi connectivity index (χ2v) is 9.96. The number of aromatic nitrogens is 3. The van der Waals surface area contributed by atoms with E-state index in [-0.39, 0.29) is 23.7 Å². The average Bonchev–Trinajstić information content (AvgIpc) is 2.99. The minimum atomic E-state index is -0.324. The van der Waals surface area contributed by atoms with Crippen LogP contribution in [0.1, 0.15) is 61.0 Å². The average molecular weight is 555 g/mol. The first kappa shape index (κ1) is 27.0. The van der Waals surface area contributed by atoms with E-state index in [1.807, 2.05) is 30.0 Å². The van der Waals surface area contributed by atoms with Gasteiger partial charge < -0.3 is 10.2 Å². The molecule has 1 fully saturated rings. The summed E-state index contributed by atoms with van der Waals surface area (Å²) in [5.41, 5.74) is 3.98. The molecule has 9 nitrogen and oxygen atoms in total. The quantitative estimate of drug-likeness (QED) is 0.310. The molecule has 0 radical (unpaired) electrons. The Labute approximate surface area is 236 Å². The lowest BCUT2D eigenvalue weighted by atomic mass is 9.88. The number of rotatable bonds is 6. The van der Waals surface area contributed by atoms with E-state index >= 15 is 0 Å². The molecule has 2 N–H and O–H groups in total. The first-order valence-corrected chi connectivity index (χ1v) is 13.3. The van der Waals surface area contributed by atoms with E-state index in [1.54, 1.807) is 54.9 Å². The smallest absolute Gasteiger partial charge is 0.258 e. The van der Waals surface area contributed by atoms with Crippen molar-refractivity contribution < 1.29 is 14.4 Å². The number of pyridine rings is 1. The first-order valence-electron chi connectivity index (χ1n) is 12.9. The number of benzene rings is 2. The molecule has 2 aromatic carbocycles. The van der Waals surface area contributed by atoms with Gasteiger partial charge in [0.05, 0.1) is 5.56 Å². The molecule has 0 saturated carbocycles. The zero-order valence-corrected chi connectivity index (χ0v) is 22.6. The molecule has 5 rings (SSSR count). The van der Waals surface area contributed by atoms with Gasteiger partial charge in [-0.2, -0.15) is 0 Å². The predicted molar refractivity (Wildman–Crippen MR) is 153 cm³/mol. The van der Waals surface area contributed by atoms with Crippen molar-refractivity contribution in [3.63, 3.8) is 0 Å². The van der Waals surface area contributed by atoms with Crippen molar-refractivity contribution in [3.8, 4) is 0 Å². The number of carbonyl (C=O) groups is 3. The highest BCUT2D eigenvalue weighted by Crippen LogP contribution is 2.29. The number of hydrogen-bond acceptors (Lipinski definition) is 6. The lowest BCUT2D eigenvalue weighted by Crippen LogP contribution is -2.38. The van der Waals surface area contributed by atoms with Gasteiger partial charge in [-0.1, -0.05) is 29.8 Å². The molecule has 1 saturated heterocycles. The van der Waals surface area contributed by atoms with Crippen molar-refractivity contribution in [1.82, 2.24) is 19.9 Å². The van der Waals surface area contributed by atoms with Gasteiger partial charge in [0.2, 0.25) is 5.95 Å². The van der Waals surface area contributed by atoms with E-state index in [4.69, 9.17) is 11.6 Å². The first-order chi connectivity index (χ1) is 19.4. The van der Waals surface area contributed by atoms with Gasteiger partial charge in [0.1, 0.15) is 5.15 Å². The lowest BCUT2D eigenvalue weighted by Gasteiger charge is -2.32. The number of amides is 3. The molecule has 1 aliphatic rings. The molecule has 3 amide bonds. The summed E-state index contributed by atoms with van der Waals surface area (Å²) in [5.74, 6) is -0.112. The Morgan fingerprint density at radius 3 is 2.15 bits per heavy atom.